The lowest BCUT2D eigenvalue weighted by atomic mass is 9.84. The molecule has 0 heteroatoms. The molecule has 0 amide bonds. The Morgan fingerprint density at radius 1 is 0.167 bits per heavy atom. The lowest BCUT2D eigenvalue weighted by molar-refractivity contribution is 1.62. The van der Waals surface area contributed by atoms with Gasteiger partial charge in [0.2, 0.25) is 0 Å². The minimum absolute atomic E-state index is 1.21. The van der Waals surface area contributed by atoms with Crippen LogP contribution in [0.4, 0.5) is 0 Å². The first-order chi connectivity index (χ1) is 29.7. The highest BCUT2D eigenvalue weighted by atomic mass is 14.2. The summed E-state index contributed by atoms with van der Waals surface area (Å²) in [5, 5.41) is 14.9. The van der Waals surface area contributed by atoms with Crippen LogP contribution in [0.2, 0.25) is 0 Å². The molecule has 0 unspecified atom stereocenters. The first-order valence-electron chi connectivity index (χ1n) is 20.8. The predicted molar refractivity (Wildman–Crippen MR) is 259 cm³/mol. The second-order valence-electron chi connectivity index (χ2n) is 16.1. The molecule has 0 fully saturated rings. The van der Waals surface area contributed by atoms with E-state index in [0.717, 1.165) is 0 Å². The molecular formula is C60H38. The lowest BCUT2D eigenvalue weighted by Gasteiger charge is -2.19. The molecule has 0 N–H and O–H groups in total. The quantitative estimate of drug-likeness (QED) is 0.164. The summed E-state index contributed by atoms with van der Waals surface area (Å²) >= 11 is 0. The van der Waals surface area contributed by atoms with Gasteiger partial charge < -0.3 is 0 Å². The zero-order valence-corrected chi connectivity index (χ0v) is 32.9. The summed E-state index contributed by atoms with van der Waals surface area (Å²) in [6.07, 6.45) is 0. The van der Waals surface area contributed by atoms with Crippen LogP contribution in [0.15, 0.2) is 231 Å². The van der Waals surface area contributed by atoms with Gasteiger partial charge in [-0.05, 0) is 163 Å². The van der Waals surface area contributed by atoms with E-state index in [2.05, 4.69) is 231 Å². The van der Waals surface area contributed by atoms with Crippen LogP contribution in [0.3, 0.4) is 0 Å². The summed E-state index contributed by atoms with van der Waals surface area (Å²) in [7, 11) is 0. The van der Waals surface area contributed by atoms with Crippen LogP contribution in [0.1, 0.15) is 0 Å². The van der Waals surface area contributed by atoms with Crippen molar-refractivity contribution in [3.8, 4) is 55.6 Å². The molecule has 0 atom stereocenters. The highest BCUT2D eigenvalue weighted by Gasteiger charge is 2.18. The van der Waals surface area contributed by atoms with Gasteiger partial charge in [0, 0.05) is 0 Å². The van der Waals surface area contributed by atoms with Crippen molar-refractivity contribution in [2.75, 3.05) is 0 Å². The van der Waals surface area contributed by atoms with Crippen molar-refractivity contribution in [3.05, 3.63) is 231 Å². The normalized spacial score (nSPS) is 11.7. The minimum Gasteiger partial charge on any atom is -0.0616 e. The third-order valence-corrected chi connectivity index (χ3v) is 12.6. The van der Waals surface area contributed by atoms with Gasteiger partial charge in [-0.1, -0.05) is 188 Å². The molecule has 0 nitrogen and oxygen atoms in total. The summed E-state index contributed by atoms with van der Waals surface area (Å²) in [5.41, 5.74) is 12.2. The van der Waals surface area contributed by atoms with Gasteiger partial charge in [0.25, 0.3) is 0 Å². The second-order valence-corrected chi connectivity index (χ2v) is 16.1. The van der Waals surface area contributed by atoms with Gasteiger partial charge in [-0.2, -0.15) is 0 Å². The van der Waals surface area contributed by atoms with Crippen molar-refractivity contribution in [3.63, 3.8) is 0 Å². The van der Waals surface area contributed by atoms with E-state index in [0.29, 0.717) is 0 Å². The first kappa shape index (κ1) is 34.3. The monoisotopic (exact) mass is 758 g/mol. The van der Waals surface area contributed by atoms with Gasteiger partial charge in [0.15, 0.2) is 0 Å². The summed E-state index contributed by atoms with van der Waals surface area (Å²) in [6.45, 7) is 0. The average molecular weight is 759 g/mol. The minimum atomic E-state index is 1.21. The van der Waals surface area contributed by atoms with Gasteiger partial charge in [0.1, 0.15) is 0 Å². The van der Waals surface area contributed by atoms with E-state index in [4.69, 9.17) is 0 Å². The fourth-order valence-corrected chi connectivity index (χ4v) is 9.50. The van der Waals surface area contributed by atoms with E-state index in [1.807, 2.05) is 0 Å². The molecule has 0 aliphatic rings. The molecule has 278 valence electrons. The van der Waals surface area contributed by atoms with Gasteiger partial charge in [0.05, 0.1) is 0 Å². The summed E-state index contributed by atoms with van der Waals surface area (Å²) < 4.78 is 0. The molecule has 12 aromatic carbocycles. The predicted octanol–water partition coefficient (Wildman–Crippen LogP) is 16.9. The van der Waals surface area contributed by atoms with Crippen LogP contribution in [-0.4, -0.2) is 0 Å². The van der Waals surface area contributed by atoms with Crippen LogP contribution in [0, 0.1) is 0 Å². The van der Waals surface area contributed by atoms with Gasteiger partial charge in [-0.3, -0.25) is 0 Å². The highest BCUT2D eigenvalue weighted by Crippen LogP contribution is 2.45. The standard InChI is InChI=1S/C60H38/c1-5-14-43-32-47(24-20-39(43)10-1)49-26-29-52-36-53(48-25-21-40-11-2-6-15-44(40)33-48)38-59(58(52)37-49)56-31-30-55(51-28-23-42-13-4-8-17-46(42)35-51)60-54(18-9-19-57(56)60)50-27-22-41-12-3-7-16-45(41)34-50/h1-38H. The molecule has 0 saturated heterocycles. The topological polar surface area (TPSA) is 0 Å². The van der Waals surface area contributed by atoms with Crippen LogP contribution in [0.5, 0.6) is 0 Å². The van der Waals surface area contributed by atoms with Crippen LogP contribution in [0.25, 0.3) is 120 Å². The van der Waals surface area contributed by atoms with E-state index in [1.54, 1.807) is 0 Å². The highest BCUT2D eigenvalue weighted by molar-refractivity contribution is 6.16. The van der Waals surface area contributed by atoms with Crippen LogP contribution < -0.4 is 0 Å². The maximum absolute atomic E-state index is 2.43. The molecule has 12 rings (SSSR count). The largest absolute Gasteiger partial charge is 0.0616 e. The maximum atomic E-state index is 2.43. The second kappa shape index (κ2) is 13.9. The van der Waals surface area contributed by atoms with E-state index in [-0.39, 0.29) is 0 Å². The van der Waals surface area contributed by atoms with Gasteiger partial charge in [-0.25, -0.2) is 0 Å². The van der Waals surface area contributed by atoms with Gasteiger partial charge in [-0.15, -0.1) is 0 Å². The van der Waals surface area contributed by atoms with Crippen LogP contribution in [-0.2, 0) is 0 Å². The number of fused-ring (bicyclic) bond motifs is 6. The maximum Gasteiger partial charge on any atom is -0.00206 e. The fourth-order valence-electron chi connectivity index (χ4n) is 9.50. The van der Waals surface area contributed by atoms with Crippen molar-refractivity contribution in [1.29, 1.82) is 0 Å². The molecule has 0 aromatic heterocycles. The Morgan fingerprint density at radius 3 is 1.08 bits per heavy atom. The van der Waals surface area contributed by atoms with Crippen LogP contribution >= 0.6 is 0 Å². The van der Waals surface area contributed by atoms with Crippen molar-refractivity contribution in [1.82, 2.24) is 0 Å². The average Bonchev–Trinajstić information content (AvgIpc) is 3.32. The lowest BCUT2D eigenvalue weighted by Crippen LogP contribution is -1.92. The molecule has 0 radical (unpaired) electrons. The fraction of sp³-hybridized carbons (Fsp3) is 0. The smallest absolute Gasteiger partial charge is 0.00206 e. The van der Waals surface area contributed by atoms with Crippen molar-refractivity contribution >= 4 is 64.6 Å². The number of rotatable bonds is 5. The van der Waals surface area contributed by atoms with E-state index < -0.39 is 0 Å². The Balaban J connectivity index is 1.15. The van der Waals surface area contributed by atoms with E-state index in [1.165, 1.54) is 120 Å². The molecule has 0 spiro atoms. The van der Waals surface area contributed by atoms with Gasteiger partial charge >= 0.3 is 0 Å². The molecule has 60 heavy (non-hydrogen) atoms. The van der Waals surface area contributed by atoms with E-state index in [9.17, 15) is 0 Å². The van der Waals surface area contributed by atoms with E-state index >= 15 is 0 Å². The summed E-state index contributed by atoms with van der Waals surface area (Å²) in [4.78, 5) is 0. The number of benzene rings is 12. The zero-order valence-electron chi connectivity index (χ0n) is 32.9. The third-order valence-electron chi connectivity index (χ3n) is 12.6. The molecule has 0 aliphatic carbocycles. The Kier molecular flexibility index (Phi) is 7.96. The Labute approximate surface area is 349 Å². The Bertz CT molecular complexity index is 3580. The SMILES string of the molecule is c1ccc2cc(-c3cc(-c4ccc(-c5ccc6ccccc6c5)c5c(-c6ccc7ccccc7c6)cccc45)c4cc(-c5ccc6ccccc6c5)ccc4c3)ccc2c1. The number of hydrogen-bond donors (Lipinski definition) is 0. The molecule has 0 heterocycles. The third kappa shape index (κ3) is 5.84. The molecule has 0 bridgehead atoms. The first-order valence-corrected chi connectivity index (χ1v) is 20.8. The Hall–Kier alpha value is -7.80. The number of hydrogen-bond acceptors (Lipinski definition) is 0. The van der Waals surface area contributed by atoms with Crippen molar-refractivity contribution in [2.24, 2.45) is 0 Å². The Morgan fingerprint density at radius 2 is 0.550 bits per heavy atom. The zero-order chi connectivity index (χ0) is 39.6. The summed E-state index contributed by atoms with van der Waals surface area (Å²) in [5.74, 6) is 0. The molecule has 0 aliphatic heterocycles. The molecular weight excluding hydrogens is 721 g/mol. The van der Waals surface area contributed by atoms with Crippen molar-refractivity contribution < 1.29 is 0 Å². The summed E-state index contributed by atoms with van der Waals surface area (Å²) in [6, 6.07) is 85.6. The van der Waals surface area contributed by atoms with Crippen molar-refractivity contribution in [2.45, 2.75) is 0 Å². The molecule has 12 aromatic rings. The molecule has 0 saturated carbocycles.